The molecule has 1 unspecified atom stereocenters. The maximum absolute atomic E-state index is 5.34. The van der Waals surface area contributed by atoms with Crippen molar-refractivity contribution in [3.63, 3.8) is 0 Å². The summed E-state index contributed by atoms with van der Waals surface area (Å²) >= 11 is 0. The summed E-state index contributed by atoms with van der Waals surface area (Å²) in [6.07, 6.45) is 0. The molecule has 0 radical (unpaired) electrons. The van der Waals surface area contributed by atoms with E-state index in [-0.39, 0.29) is 0 Å². The van der Waals surface area contributed by atoms with E-state index in [1.54, 1.807) is 7.11 Å². The monoisotopic (exact) mass is 222 g/mol. The predicted octanol–water partition coefficient (Wildman–Crippen LogP) is 1.70. The van der Waals surface area contributed by atoms with Crippen molar-refractivity contribution in [3.8, 4) is 5.75 Å². The van der Waals surface area contributed by atoms with Gasteiger partial charge in [0, 0.05) is 24.7 Å². The Morgan fingerprint density at radius 2 is 2.12 bits per heavy atom. The molecule has 3 heteroatoms. The molecule has 16 heavy (non-hydrogen) atoms. The van der Waals surface area contributed by atoms with E-state index in [0.29, 0.717) is 6.04 Å². The number of hydrogen-bond donors (Lipinski definition) is 2. The molecule has 1 aromatic rings. The molecule has 2 N–H and O–H groups in total. The zero-order valence-electron chi connectivity index (χ0n) is 10.6. The average molecular weight is 222 g/mol. The fourth-order valence-corrected chi connectivity index (χ4v) is 1.71. The Bertz CT molecular complexity index is 326. The molecule has 0 spiro atoms. The molecule has 0 saturated heterocycles. The summed E-state index contributed by atoms with van der Waals surface area (Å²) in [5, 5.41) is 6.61. The molecule has 0 fully saturated rings. The average Bonchev–Trinajstić information content (AvgIpc) is 2.27. The first kappa shape index (κ1) is 13.0. The van der Waals surface area contributed by atoms with Crippen LogP contribution < -0.4 is 15.4 Å². The third-order valence-corrected chi connectivity index (χ3v) is 2.59. The number of likely N-dealkylation sites (N-methyl/N-ethyl adjacent to an activating group) is 1. The molecule has 1 rings (SSSR count). The van der Waals surface area contributed by atoms with E-state index in [2.05, 4.69) is 36.6 Å². The van der Waals surface area contributed by atoms with Crippen LogP contribution >= 0.6 is 0 Å². The molecule has 0 amide bonds. The summed E-state index contributed by atoms with van der Waals surface area (Å²) in [4.78, 5) is 0. The fraction of sp³-hybridized carbons (Fsp3) is 0.538. The Morgan fingerprint density at radius 3 is 2.75 bits per heavy atom. The molecule has 90 valence electrons. The predicted molar refractivity (Wildman–Crippen MR) is 68.0 cm³/mol. The Hall–Kier alpha value is -1.06. The number of hydrogen-bond acceptors (Lipinski definition) is 3. The van der Waals surface area contributed by atoms with Gasteiger partial charge in [0.15, 0.2) is 0 Å². The van der Waals surface area contributed by atoms with Gasteiger partial charge in [0.2, 0.25) is 0 Å². The van der Waals surface area contributed by atoms with Crippen LogP contribution in [0.15, 0.2) is 18.2 Å². The lowest BCUT2D eigenvalue weighted by molar-refractivity contribution is 0.405. The second-order valence-electron chi connectivity index (χ2n) is 4.15. The van der Waals surface area contributed by atoms with Crippen LogP contribution in [0.4, 0.5) is 0 Å². The van der Waals surface area contributed by atoms with Crippen molar-refractivity contribution in [2.45, 2.75) is 26.4 Å². The van der Waals surface area contributed by atoms with E-state index >= 15 is 0 Å². The highest BCUT2D eigenvalue weighted by molar-refractivity contribution is 5.36. The van der Waals surface area contributed by atoms with Crippen LogP contribution in [-0.2, 0) is 6.54 Å². The molecule has 0 aliphatic heterocycles. The van der Waals surface area contributed by atoms with Gasteiger partial charge in [-0.2, -0.15) is 0 Å². The standard InChI is InChI=1S/C13H22N2O/c1-10-5-6-13(16-4)12(7-10)9-15-11(2)8-14-3/h5-7,11,14-15H,8-9H2,1-4H3. The van der Waals surface area contributed by atoms with E-state index in [0.717, 1.165) is 18.8 Å². The van der Waals surface area contributed by atoms with Crippen molar-refractivity contribution in [1.82, 2.24) is 10.6 Å². The number of nitrogens with one attached hydrogen (secondary N) is 2. The number of rotatable bonds is 6. The Kier molecular flexibility index (Phi) is 5.29. The summed E-state index contributed by atoms with van der Waals surface area (Å²) in [6.45, 7) is 6.07. The summed E-state index contributed by atoms with van der Waals surface area (Å²) < 4.78 is 5.34. The minimum absolute atomic E-state index is 0.454. The number of methoxy groups -OCH3 is 1. The van der Waals surface area contributed by atoms with Crippen molar-refractivity contribution in [2.24, 2.45) is 0 Å². The molecule has 1 atom stereocenters. The number of benzene rings is 1. The van der Waals surface area contributed by atoms with Crippen molar-refractivity contribution in [1.29, 1.82) is 0 Å². The molecule has 3 nitrogen and oxygen atoms in total. The van der Waals surface area contributed by atoms with Crippen LogP contribution in [0.5, 0.6) is 5.75 Å². The van der Waals surface area contributed by atoms with Gasteiger partial charge in [-0.15, -0.1) is 0 Å². The Balaban J connectivity index is 2.61. The first-order chi connectivity index (χ1) is 7.67. The molecule has 0 bridgehead atoms. The van der Waals surface area contributed by atoms with Crippen LogP contribution in [0.3, 0.4) is 0 Å². The van der Waals surface area contributed by atoms with Crippen molar-refractivity contribution in [2.75, 3.05) is 20.7 Å². The highest BCUT2D eigenvalue weighted by atomic mass is 16.5. The van der Waals surface area contributed by atoms with Crippen LogP contribution in [0.2, 0.25) is 0 Å². The van der Waals surface area contributed by atoms with Gasteiger partial charge < -0.3 is 15.4 Å². The lowest BCUT2D eigenvalue weighted by atomic mass is 10.1. The first-order valence-electron chi connectivity index (χ1n) is 5.69. The number of ether oxygens (including phenoxy) is 1. The summed E-state index contributed by atoms with van der Waals surface area (Å²) in [7, 11) is 3.68. The van der Waals surface area contributed by atoms with Gasteiger partial charge in [-0.1, -0.05) is 17.7 Å². The third kappa shape index (κ3) is 3.83. The van der Waals surface area contributed by atoms with Crippen LogP contribution in [0, 0.1) is 6.92 Å². The minimum Gasteiger partial charge on any atom is -0.496 e. The van der Waals surface area contributed by atoms with E-state index < -0.39 is 0 Å². The van der Waals surface area contributed by atoms with Gasteiger partial charge in [0.25, 0.3) is 0 Å². The van der Waals surface area contributed by atoms with Crippen LogP contribution in [0.1, 0.15) is 18.1 Å². The highest BCUT2D eigenvalue weighted by Crippen LogP contribution is 2.19. The number of aryl methyl sites for hydroxylation is 1. The first-order valence-corrected chi connectivity index (χ1v) is 5.69. The molecule has 1 aromatic carbocycles. The molecule has 0 aliphatic rings. The molecular formula is C13H22N2O. The van der Waals surface area contributed by atoms with E-state index in [9.17, 15) is 0 Å². The van der Waals surface area contributed by atoms with Crippen LogP contribution in [0.25, 0.3) is 0 Å². The lowest BCUT2D eigenvalue weighted by Crippen LogP contribution is -2.34. The largest absolute Gasteiger partial charge is 0.496 e. The summed E-state index contributed by atoms with van der Waals surface area (Å²) in [6, 6.07) is 6.71. The second kappa shape index (κ2) is 6.51. The molecule has 0 aliphatic carbocycles. The SMILES string of the molecule is CNCC(C)NCc1cc(C)ccc1OC. The Morgan fingerprint density at radius 1 is 1.38 bits per heavy atom. The van der Waals surface area contributed by atoms with Crippen molar-refractivity contribution >= 4 is 0 Å². The topological polar surface area (TPSA) is 33.3 Å². The Labute approximate surface area is 98.2 Å². The van der Waals surface area contributed by atoms with Crippen molar-refractivity contribution in [3.05, 3.63) is 29.3 Å². The molecular weight excluding hydrogens is 200 g/mol. The minimum atomic E-state index is 0.454. The highest BCUT2D eigenvalue weighted by Gasteiger charge is 2.05. The zero-order chi connectivity index (χ0) is 12.0. The van der Waals surface area contributed by atoms with E-state index in [1.807, 2.05) is 13.1 Å². The van der Waals surface area contributed by atoms with Crippen LogP contribution in [-0.4, -0.2) is 26.7 Å². The fourth-order valence-electron chi connectivity index (χ4n) is 1.71. The zero-order valence-corrected chi connectivity index (χ0v) is 10.6. The van der Waals surface area contributed by atoms with E-state index in [4.69, 9.17) is 4.74 Å². The smallest absolute Gasteiger partial charge is 0.123 e. The van der Waals surface area contributed by atoms with Gasteiger partial charge >= 0.3 is 0 Å². The van der Waals surface area contributed by atoms with E-state index in [1.165, 1.54) is 11.1 Å². The maximum Gasteiger partial charge on any atom is 0.123 e. The summed E-state index contributed by atoms with van der Waals surface area (Å²) in [5.41, 5.74) is 2.48. The van der Waals surface area contributed by atoms with Gasteiger partial charge in [-0.25, -0.2) is 0 Å². The summed E-state index contributed by atoms with van der Waals surface area (Å²) in [5.74, 6) is 0.953. The maximum atomic E-state index is 5.34. The van der Waals surface area contributed by atoms with Gasteiger partial charge in [-0.05, 0) is 27.0 Å². The second-order valence-corrected chi connectivity index (χ2v) is 4.15. The molecule has 0 saturated carbocycles. The van der Waals surface area contributed by atoms with Gasteiger partial charge in [0.1, 0.15) is 5.75 Å². The normalized spacial score (nSPS) is 12.5. The van der Waals surface area contributed by atoms with Gasteiger partial charge in [0.05, 0.1) is 7.11 Å². The lowest BCUT2D eigenvalue weighted by Gasteiger charge is -2.15. The third-order valence-electron chi connectivity index (χ3n) is 2.59. The quantitative estimate of drug-likeness (QED) is 0.768. The van der Waals surface area contributed by atoms with Crippen molar-refractivity contribution < 1.29 is 4.74 Å². The van der Waals surface area contributed by atoms with Gasteiger partial charge in [-0.3, -0.25) is 0 Å². The molecule has 0 heterocycles. The molecule has 0 aromatic heterocycles.